The Bertz CT molecular complexity index is 893. The van der Waals surface area contributed by atoms with Crippen LogP contribution in [0.15, 0.2) is 24.3 Å². The van der Waals surface area contributed by atoms with Crippen molar-refractivity contribution in [2.45, 2.75) is 51.6 Å². The van der Waals surface area contributed by atoms with E-state index in [1.807, 2.05) is 0 Å². The number of amides is 1. The van der Waals surface area contributed by atoms with Crippen molar-refractivity contribution in [3.05, 3.63) is 41.5 Å². The van der Waals surface area contributed by atoms with Crippen molar-refractivity contribution in [2.24, 2.45) is 5.92 Å². The zero-order valence-electron chi connectivity index (χ0n) is 17.2. The van der Waals surface area contributed by atoms with Gasteiger partial charge in [0.1, 0.15) is 17.4 Å². The van der Waals surface area contributed by atoms with Gasteiger partial charge in [0.05, 0.1) is 0 Å². The number of nitrogens with zero attached hydrogens (tertiary/aromatic N) is 4. The summed E-state index contributed by atoms with van der Waals surface area (Å²) in [5, 5.41) is 11.6. The second kappa shape index (κ2) is 9.25. The van der Waals surface area contributed by atoms with Crippen LogP contribution in [0.1, 0.15) is 36.5 Å². The van der Waals surface area contributed by atoms with Gasteiger partial charge in [-0.3, -0.25) is 9.69 Å². The molecule has 1 aliphatic heterocycles. The van der Waals surface area contributed by atoms with Crippen LogP contribution in [0.5, 0.6) is 5.75 Å². The van der Waals surface area contributed by atoms with Crippen LogP contribution in [0.2, 0.25) is 0 Å². The zero-order chi connectivity index (χ0) is 21.8. The van der Waals surface area contributed by atoms with Crippen LogP contribution in [-0.2, 0) is 30.7 Å². The molecule has 1 N–H and O–H groups in total. The second-order valence-corrected chi connectivity index (χ2v) is 8.07. The summed E-state index contributed by atoms with van der Waals surface area (Å²) in [5.74, 6) is 1.90. The summed E-state index contributed by atoms with van der Waals surface area (Å²) in [6, 6.07) is 5.99. The number of benzene rings is 1. The molecule has 2 aliphatic rings. The Morgan fingerprint density at radius 3 is 2.58 bits per heavy atom. The number of alkyl halides is 3. The number of ether oxygens (including phenoxy) is 1. The minimum atomic E-state index is -4.68. The molecule has 1 aromatic carbocycles. The molecule has 0 spiro atoms. The lowest BCUT2D eigenvalue weighted by Gasteiger charge is -2.24. The number of rotatable bonds is 7. The first-order valence-corrected chi connectivity index (χ1v) is 10.6. The van der Waals surface area contributed by atoms with Crippen LogP contribution in [0.4, 0.5) is 13.2 Å². The SMILES string of the molecule is O=C(NCCc1nnc2n1CCN(Cc1ccc(OC(F)(F)F)cc1)CC2)C1CCC1. The van der Waals surface area contributed by atoms with Crippen LogP contribution in [-0.4, -0.2) is 51.6 Å². The minimum absolute atomic E-state index is 0.139. The molecular weight excluding hydrogens is 411 g/mol. The van der Waals surface area contributed by atoms with Gasteiger partial charge in [-0.1, -0.05) is 18.6 Å². The highest BCUT2D eigenvalue weighted by Crippen LogP contribution is 2.26. The molecule has 4 rings (SSSR count). The van der Waals surface area contributed by atoms with E-state index in [1.165, 1.54) is 12.1 Å². The fourth-order valence-electron chi connectivity index (χ4n) is 3.94. The molecule has 168 valence electrons. The smallest absolute Gasteiger partial charge is 0.406 e. The molecule has 0 atom stereocenters. The number of hydrogen-bond acceptors (Lipinski definition) is 5. The Morgan fingerprint density at radius 2 is 1.90 bits per heavy atom. The van der Waals surface area contributed by atoms with Gasteiger partial charge in [-0.2, -0.15) is 0 Å². The fraction of sp³-hybridized carbons (Fsp3) is 0.571. The van der Waals surface area contributed by atoms with Gasteiger partial charge in [0.25, 0.3) is 0 Å². The van der Waals surface area contributed by atoms with Gasteiger partial charge >= 0.3 is 6.36 Å². The average molecular weight is 437 g/mol. The number of halogens is 3. The van der Waals surface area contributed by atoms with Crippen molar-refractivity contribution < 1.29 is 22.7 Å². The number of fused-ring (bicyclic) bond motifs is 1. The zero-order valence-corrected chi connectivity index (χ0v) is 17.2. The molecule has 0 bridgehead atoms. The summed E-state index contributed by atoms with van der Waals surface area (Å²) in [5.41, 5.74) is 0.922. The van der Waals surface area contributed by atoms with Crippen LogP contribution in [0.3, 0.4) is 0 Å². The van der Waals surface area contributed by atoms with Crippen molar-refractivity contribution in [2.75, 3.05) is 19.6 Å². The third kappa shape index (κ3) is 5.75. The predicted molar refractivity (Wildman–Crippen MR) is 106 cm³/mol. The first-order chi connectivity index (χ1) is 14.9. The van der Waals surface area contributed by atoms with E-state index in [0.717, 1.165) is 62.5 Å². The molecule has 1 aromatic heterocycles. The monoisotopic (exact) mass is 437 g/mol. The molecule has 10 heteroatoms. The number of hydrogen-bond donors (Lipinski definition) is 1. The van der Waals surface area contributed by atoms with E-state index < -0.39 is 6.36 Å². The van der Waals surface area contributed by atoms with Gasteiger partial charge in [-0.05, 0) is 30.5 Å². The maximum Gasteiger partial charge on any atom is 0.573 e. The summed E-state index contributed by atoms with van der Waals surface area (Å²) in [6.45, 7) is 3.51. The highest BCUT2D eigenvalue weighted by molar-refractivity contribution is 5.79. The van der Waals surface area contributed by atoms with Gasteiger partial charge in [0.15, 0.2) is 0 Å². The lowest BCUT2D eigenvalue weighted by molar-refractivity contribution is -0.274. The highest BCUT2D eigenvalue weighted by atomic mass is 19.4. The van der Waals surface area contributed by atoms with E-state index in [1.54, 1.807) is 12.1 Å². The number of aromatic nitrogens is 3. The summed E-state index contributed by atoms with van der Waals surface area (Å²) in [6.07, 6.45) is -0.181. The Hall–Kier alpha value is -2.62. The Labute approximate surface area is 178 Å². The van der Waals surface area contributed by atoms with Crippen LogP contribution < -0.4 is 10.1 Å². The third-order valence-electron chi connectivity index (χ3n) is 5.88. The van der Waals surface area contributed by atoms with Gasteiger partial charge in [-0.25, -0.2) is 0 Å². The molecule has 31 heavy (non-hydrogen) atoms. The van der Waals surface area contributed by atoms with Crippen LogP contribution in [0, 0.1) is 5.92 Å². The summed E-state index contributed by atoms with van der Waals surface area (Å²) in [7, 11) is 0. The van der Waals surface area contributed by atoms with E-state index in [4.69, 9.17) is 0 Å². The Kier molecular flexibility index (Phi) is 6.45. The molecular formula is C21H26F3N5O2. The van der Waals surface area contributed by atoms with Gasteiger partial charge in [0, 0.05) is 51.5 Å². The predicted octanol–water partition coefficient (Wildman–Crippen LogP) is 2.69. The van der Waals surface area contributed by atoms with E-state index in [9.17, 15) is 18.0 Å². The van der Waals surface area contributed by atoms with Crippen LogP contribution in [0.25, 0.3) is 0 Å². The number of carbonyl (C=O) groups excluding carboxylic acids is 1. The topological polar surface area (TPSA) is 72.3 Å². The number of carbonyl (C=O) groups is 1. The summed E-state index contributed by atoms with van der Waals surface area (Å²) < 4.78 is 42.9. The molecule has 0 unspecified atom stereocenters. The average Bonchev–Trinajstić information content (AvgIpc) is 2.93. The van der Waals surface area contributed by atoms with Crippen molar-refractivity contribution >= 4 is 5.91 Å². The molecule has 1 amide bonds. The molecule has 1 saturated carbocycles. The molecule has 2 aromatic rings. The molecule has 0 radical (unpaired) electrons. The van der Waals surface area contributed by atoms with E-state index in [-0.39, 0.29) is 17.6 Å². The molecule has 1 fully saturated rings. The van der Waals surface area contributed by atoms with Gasteiger partial charge < -0.3 is 14.6 Å². The summed E-state index contributed by atoms with van der Waals surface area (Å²) in [4.78, 5) is 14.2. The van der Waals surface area contributed by atoms with Gasteiger partial charge in [0.2, 0.25) is 5.91 Å². The maximum atomic E-state index is 12.3. The van der Waals surface area contributed by atoms with Crippen molar-refractivity contribution in [3.8, 4) is 5.75 Å². The Balaban J connectivity index is 1.27. The first kappa shape index (κ1) is 21.6. The molecule has 7 nitrogen and oxygen atoms in total. The van der Waals surface area contributed by atoms with Crippen molar-refractivity contribution in [1.82, 2.24) is 25.0 Å². The molecule has 2 heterocycles. The molecule has 0 saturated heterocycles. The normalized spacial score (nSPS) is 17.5. The van der Waals surface area contributed by atoms with Crippen LogP contribution >= 0.6 is 0 Å². The second-order valence-electron chi connectivity index (χ2n) is 8.07. The van der Waals surface area contributed by atoms with Gasteiger partial charge in [-0.15, -0.1) is 23.4 Å². The number of nitrogens with one attached hydrogen (secondary N) is 1. The molecule has 1 aliphatic carbocycles. The Morgan fingerprint density at radius 1 is 1.13 bits per heavy atom. The standard InChI is InChI=1S/C21H26F3N5O2/c22-21(23,24)31-17-6-4-15(5-7-17)14-28-11-9-19-27-26-18(29(19)13-12-28)8-10-25-20(30)16-2-1-3-16/h4-7,16H,1-3,8-14H2,(H,25,30). The lowest BCUT2D eigenvalue weighted by atomic mass is 9.85. The largest absolute Gasteiger partial charge is 0.573 e. The van der Waals surface area contributed by atoms with Crippen molar-refractivity contribution in [3.63, 3.8) is 0 Å². The maximum absolute atomic E-state index is 12.3. The lowest BCUT2D eigenvalue weighted by Crippen LogP contribution is -2.35. The highest BCUT2D eigenvalue weighted by Gasteiger charge is 2.31. The third-order valence-corrected chi connectivity index (χ3v) is 5.88. The van der Waals surface area contributed by atoms with E-state index in [2.05, 4.69) is 29.7 Å². The first-order valence-electron chi connectivity index (χ1n) is 10.6. The van der Waals surface area contributed by atoms with Crippen molar-refractivity contribution in [1.29, 1.82) is 0 Å². The fourth-order valence-corrected chi connectivity index (χ4v) is 3.94. The van der Waals surface area contributed by atoms with E-state index >= 15 is 0 Å². The summed E-state index contributed by atoms with van der Waals surface area (Å²) >= 11 is 0. The minimum Gasteiger partial charge on any atom is -0.406 e. The quantitative estimate of drug-likeness (QED) is 0.721. The van der Waals surface area contributed by atoms with E-state index in [0.29, 0.717) is 19.5 Å².